The third-order valence-electron chi connectivity index (χ3n) is 2.03. The summed E-state index contributed by atoms with van der Waals surface area (Å²) < 4.78 is 0. The van der Waals surface area contributed by atoms with Crippen LogP contribution in [0.25, 0.3) is 0 Å². The molecular weight excluding hydrogens is 184 g/mol. The van der Waals surface area contributed by atoms with Gasteiger partial charge in [0.2, 0.25) is 0 Å². The highest BCUT2D eigenvalue weighted by atomic mass is 35.5. The smallest absolute Gasteiger partial charge is 0.0444 e. The fourth-order valence-corrected chi connectivity index (χ4v) is 1.41. The lowest BCUT2D eigenvalue weighted by Gasteiger charge is -2.15. The molecule has 0 fully saturated rings. The van der Waals surface area contributed by atoms with Crippen LogP contribution in [0, 0.1) is 0 Å². The van der Waals surface area contributed by atoms with E-state index >= 15 is 0 Å². The predicted molar refractivity (Wildman–Crippen MR) is 57.2 cm³/mol. The molecule has 0 bridgehead atoms. The Morgan fingerprint density at radius 1 is 1.23 bits per heavy atom. The van der Waals surface area contributed by atoms with Crippen molar-refractivity contribution in [3.05, 3.63) is 34.9 Å². The van der Waals surface area contributed by atoms with E-state index in [4.69, 9.17) is 11.6 Å². The van der Waals surface area contributed by atoms with Gasteiger partial charge in [-0.05, 0) is 31.8 Å². The monoisotopic (exact) mass is 198 g/mol. The van der Waals surface area contributed by atoms with Gasteiger partial charge in [-0.1, -0.05) is 23.7 Å². The van der Waals surface area contributed by atoms with Gasteiger partial charge in [-0.25, -0.2) is 0 Å². The molecule has 0 aliphatic rings. The maximum absolute atomic E-state index is 5.80. The zero-order valence-electron chi connectivity index (χ0n) is 7.97. The number of halogens is 1. The number of hydrogen-bond donors (Lipinski definition) is 2. The van der Waals surface area contributed by atoms with Crippen molar-refractivity contribution in [3.63, 3.8) is 0 Å². The molecule has 13 heavy (non-hydrogen) atoms. The first-order chi connectivity index (χ1) is 6.27. The lowest BCUT2D eigenvalue weighted by Crippen LogP contribution is -2.27. The summed E-state index contributed by atoms with van der Waals surface area (Å²) in [5.41, 5.74) is 1.25. The second-order valence-corrected chi connectivity index (χ2v) is 3.39. The molecule has 2 nitrogen and oxygen atoms in total. The van der Waals surface area contributed by atoms with Gasteiger partial charge in [-0.2, -0.15) is 0 Å². The van der Waals surface area contributed by atoms with E-state index in [0.29, 0.717) is 6.04 Å². The second kappa shape index (κ2) is 5.22. The lowest BCUT2D eigenvalue weighted by molar-refractivity contribution is 0.558. The Morgan fingerprint density at radius 3 is 2.31 bits per heavy atom. The fourth-order valence-electron chi connectivity index (χ4n) is 1.29. The molecule has 0 aromatic heterocycles. The zero-order chi connectivity index (χ0) is 9.68. The number of likely N-dealkylation sites (N-methyl/N-ethyl adjacent to an activating group) is 2. The first-order valence-corrected chi connectivity index (χ1v) is 4.73. The largest absolute Gasteiger partial charge is 0.318 e. The van der Waals surface area contributed by atoms with E-state index in [-0.39, 0.29) is 0 Å². The lowest BCUT2D eigenvalue weighted by atomic mass is 10.1. The van der Waals surface area contributed by atoms with E-state index in [0.717, 1.165) is 11.6 Å². The van der Waals surface area contributed by atoms with Gasteiger partial charge >= 0.3 is 0 Å². The van der Waals surface area contributed by atoms with E-state index in [2.05, 4.69) is 10.6 Å². The Balaban J connectivity index is 2.73. The van der Waals surface area contributed by atoms with Crippen molar-refractivity contribution in [3.8, 4) is 0 Å². The van der Waals surface area contributed by atoms with Crippen molar-refractivity contribution in [1.29, 1.82) is 0 Å². The summed E-state index contributed by atoms with van der Waals surface area (Å²) in [6.07, 6.45) is 0. The van der Waals surface area contributed by atoms with E-state index in [9.17, 15) is 0 Å². The normalized spacial score (nSPS) is 12.8. The fraction of sp³-hybridized carbons (Fsp3) is 0.400. The summed E-state index contributed by atoms with van der Waals surface area (Å²) in [5, 5.41) is 7.15. The third kappa shape index (κ3) is 2.99. The standard InChI is InChI=1S/C10H15ClN2/c1-12-7-10(13-2)8-3-5-9(11)6-4-8/h3-6,10,12-13H,7H2,1-2H3. The molecule has 72 valence electrons. The van der Waals surface area contributed by atoms with Crippen molar-refractivity contribution in [2.24, 2.45) is 0 Å². The highest BCUT2D eigenvalue weighted by Crippen LogP contribution is 2.15. The van der Waals surface area contributed by atoms with Crippen molar-refractivity contribution < 1.29 is 0 Å². The molecule has 1 aromatic rings. The van der Waals surface area contributed by atoms with Gasteiger partial charge in [-0.15, -0.1) is 0 Å². The highest BCUT2D eigenvalue weighted by molar-refractivity contribution is 6.30. The summed E-state index contributed by atoms with van der Waals surface area (Å²) in [7, 11) is 3.90. The van der Waals surface area contributed by atoms with Gasteiger partial charge in [0.05, 0.1) is 0 Å². The van der Waals surface area contributed by atoms with Gasteiger partial charge in [-0.3, -0.25) is 0 Å². The van der Waals surface area contributed by atoms with E-state index < -0.39 is 0 Å². The molecule has 0 radical (unpaired) electrons. The zero-order valence-corrected chi connectivity index (χ0v) is 8.73. The Kier molecular flexibility index (Phi) is 4.22. The van der Waals surface area contributed by atoms with E-state index in [1.807, 2.05) is 38.4 Å². The van der Waals surface area contributed by atoms with Crippen molar-refractivity contribution >= 4 is 11.6 Å². The molecule has 0 aliphatic heterocycles. The predicted octanol–water partition coefficient (Wildman–Crippen LogP) is 1.82. The van der Waals surface area contributed by atoms with Gasteiger partial charge in [0.25, 0.3) is 0 Å². The maximum Gasteiger partial charge on any atom is 0.0444 e. The summed E-state index contributed by atoms with van der Waals surface area (Å²) in [6, 6.07) is 8.26. The van der Waals surface area contributed by atoms with Crippen molar-refractivity contribution in [2.75, 3.05) is 20.6 Å². The first kappa shape index (κ1) is 10.5. The average Bonchev–Trinajstić information content (AvgIpc) is 2.16. The Morgan fingerprint density at radius 2 is 1.85 bits per heavy atom. The van der Waals surface area contributed by atoms with E-state index in [1.165, 1.54) is 5.56 Å². The topological polar surface area (TPSA) is 24.1 Å². The minimum absolute atomic E-state index is 0.349. The molecule has 2 N–H and O–H groups in total. The van der Waals surface area contributed by atoms with Gasteiger partial charge in [0, 0.05) is 17.6 Å². The number of nitrogens with one attached hydrogen (secondary N) is 2. The Bertz CT molecular complexity index is 246. The molecule has 0 saturated heterocycles. The first-order valence-electron chi connectivity index (χ1n) is 4.35. The van der Waals surface area contributed by atoms with Crippen LogP contribution in [-0.2, 0) is 0 Å². The molecule has 0 saturated carbocycles. The Labute approximate surface area is 84.3 Å². The molecule has 0 spiro atoms. The van der Waals surface area contributed by atoms with Crippen LogP contribution in [0.3, 0.4) is 0 Å². The van der Waals surface area contributed by atoms with Crippen LogP contribution in [0.4, 0.5) is 0 Å². The van der Waals surface area contributed by atoms with Crippen molar-refractivity contribution in [2.45, 2.75) is 6.04 Å². The molecule has 0 amide bonds. The number of rotatable bonds is 4. The van der Waals surface area contributed by atoms with Crippen LogP contribution in [0.1, 0.15) is 11.6 Å². The van der Waals surface area contributed by atoms with Crippen LogP contribution in [0.15, 0.2) is 24.3 Å². The van der Waals surface area contributed by atoms with Crippen LogP contribution in [-0.4, -0.2) is 20.6 Å². The number of hydrogen-bond acceptors (Lipinski definition) is 2. The number of benzene rings is 1. The van der Waals surface area contributed by atoms with Crippen molar-refractivity contribution in [1.82, 2.24) is 10.6 Å². The van der Waals surface area contributed by atoms with Gasteiger partial charge in [0.1, 0.15) is 0 Å². The van der Waals surface area contributed by atoms with Gasteiger partial charge in [0.15, 0.2) is 0 Å². The SMILES string of the molecule is CNCC(NC)c1ccc(Cl)cc1. The Hall–Kier alpha value is -0.570. The molecule has 1 rings (SSSR count). The molecular formula is C10H15ClN2. The maximum atomic E-state index is 5.80. The molecule has 1 aromatic carbocycles. The molecule has 3 heteroatoms. The quantitative estimate of drug-likeness (QED) is 0.772. The average molecular weight is 199 g/mol. The molecule has 1 atom stereocenters. The summed E-state index contributed by atoms with van der Waals surface area (Å²) in [5.74, 6) is 0. The summed E-state index contributed by atoms with van der Waals surface area (Å²) >= 11 is 5.80. The van der Waals surface area contributed by atoms with Crippen LogP contribution in [0.5, 0.6) is 0 Å². The minimum atomic E-state index is 0.349. The summed E-state index contributed by atoms with van der Waals surface area (Å²) in [4.78, 5) is 0. The van der Waals surface area contributed by atoms with Crippen LogP contribution >= 0.6 is 11.6 Å². The minimum Gasteiger partial charge on any atom is -0.318 e. The third-order valence-corrected chi connectivity index (χ3v) is 2.28. The highest BCUT2D eigenvalue weighted by Gasteiger charge is 2.06. The summed E-state index contributed by atoms with van der Waals surface area (Å²) in [6.45, 7) is 0.915. The van der Waals surface area contributed by atoms with Gasteiger partial charge < -0.3 is 10.6 Å². The molecule has 0 aliphatic carbocycles. The van der Waals surface area contributed by atoms with Crippen LogP contribution < -0.4 is 10.6 Å². The van der Waals surface area contributed by atoms with Crippen LogP contribution in [0.2, 0.25) is 5.02 Å². The van der Waals surface area contributed by atoms with E-state index in [1.54, 1.807) is 0 Å². The molecule has 0 heterocycles. The molecule has 1 unspecified atom stereocenters. The second-order valence-electron chi connectivity index (χ2n) is 2.95.